The van der Waals surface area contributed by atoms with Gasteiger partial charge < -0.3 is 10.2 Å². The molecule has 0 unspecified atom stereocenters. The highest BCUT2D eigenvalue weighted by Gasteiger charge is 2.28. The molecule has 122 valence electrons. The van der Waals surface area contributed by atoms with E-state index in [1.54, 1.807) is 0 Å². The molecule has 1 atom stereocenters. The zero-order chi connectivity index (χ0) is 15.9. The van der Waals surface area contributed by atoms with Crippen LogP contribution in [0.2, 0.25) is 0 Å². The number of aromatic nitrogens is 1. The van der Waals surface area contributed by atoms with Gasteiger partial charge in [-0.3, -0.25) is 9.88 Å². The molecule has 0 saturated carbocycles. The highest BCUT2D eigenvalue weighted by molar-refractivity contribution is 5.74. The molecule has 1 N–H and O–H groups in total. The number of rotatable bonds is 6. The number of nitrogens with zero attached hydrogens (tertiary/aromatic N) is 3. The van der Waals surface area contributed by atoms with Crippen LogP contribution in [0.1, 0.15) is 31.5 Å². The van der Waals surface area contributed by atoms with Crippen LogP contribution >= 0.6 is 0 Å². The molecule has 1 aliphatic heterocycles. The zero-order valence-corrected chi connectivity index (χ0v) is 14.0. The molecule has 22 heavy (non-hydrogen) atoms. The summed E-state index contributed by atoms with van der Waals surface area (Å²) in [7, 11) is 0. The van der Waals surface area contributed by atoms with Gasteiger partial charge in [0.2, 0.25) is 0 Å². The third-order valence-corrected chi connectivity index (χ3v) is 4.44. The molecule has 2 heterocycles. The largest absolute Gasteiger partial charge is 0.338 e. The van der Waals surface area contributed by atoms with E-state index >= 15 is 0 Å². The van der Waals surface area contributed by atoms with Crippen LogP contribution in [0.15, 0.2) is 18.3 Å². The number of urea groups is 1. The van der Waals surface area contributed by atoms with Gasteiger partial charge in [-0.2, -0.15) is 0 Å². The summed E-state index contributed by atoms with van der Waals surface area (Å²) in [5.74, 6) is 0. The van der Waals surface area contributed by atoms with Crippen LogP contribution in [0, 0.1) is 6.92 Å². The molecule has 0 bridgehead atoms. The summed E-state index contributed by atoms with van der Waals surface area (Å²) >= 11 is 0. The lowest BCUT2D eigenvalue weighted by Crippen LogP contribution is -2.42. The smallest absolute Gasteiger partial charge is 0.317 e. The summed E-state index contributed by atoms with van der Waals surface area (Å²) in [6, 6.07) is 4.66. The fourth-order valence-electron chi connectivity index (χ4n) is 3.04. The van der Waals surface area contributed by atoms with Crippen LogP contribution in [-0.4, -0.2) is 59.6 Å². The predicted molar refractivity (Wildman–Crippen MR) is 89.0 cm³/mol. The van der Waals surface area contributed by atoms with Gasteiger partial charge >= 0.3 is 6.03 Å². The molecule has 1 aromatic rings. The van der Waals surface area contributed by atoms with Crippen molar-refractivity contribution in [3.8, 4) is 0 Å². The SMILES string of the molecule is CCN(CC)[C@@H]1CCN(C(=O)NCCc2ccc(C)nc2)C1. The van der Waals surface area contributed by atoms with E-state index in [2.05, 4.69) is 35.1 Å². The van der Waals surface area contributed by atoms with Crippen molar-refractivity contribution < 1.29 is 4.79 Å². The average molecular weight is 304 g/mol. The standard InChI is InChI=1S/C17H28N4O/c1-4-20(5-2)16-9-11-21(13-16)17(22)18-10-8-15-7-6-14(3)19-12-15/h6-7,12,16H,4-5,8-11,13H2,1-3H3,(H,18,22)/t16-/m1/s1. The summed E-state index contributed by atoms with van der Waals surface area (Å²) in [6.45, 7) is 10.8. The van der Waals surface area contributed by atoms with Gasteiger partial charge in [0.25, 0.3) is 0 Å². The first-order valence-corrected chi connectivity index (χ1v) is 8.32. The molecule has 2 amide bonds. The number of likely N-dealkylation sites (tertiary alicyclic amines) is 1. The molecule has 2 rings (SSSR count). The lowest BCUT2D eigenvalue weighted by atomic mass is 10.2. The highest BCUT2D eigenvalue weighted by atomic mass is 16.2. The van der Waals surface area contributed by atoms with Gasteiger partial charge in [-0.05, 0) is 44.5 Å². The molecular formula is C17H28N4O. The maximum absolute atomic E-state index is 12.2. The molecule has 1 fully saturated rings. The van der Waals surface area contributed by atoms with Crippen LogP contribution in [0.25, 0.3) is 0 Å². The van der Waals surface area contributed by atoms with Gasteiger partial charge in [-0.25, -0.2) is 4.79 Å². The molecule has 1 saturated heterocycles. The highest BCUT2D eigenvalue weighted by Crippen LogP contribution is 2.15. The molecule has 0 radical (unpaired) electrons. The van der Waals surface area contributed by atoms with Crippen LogP contribution in [0.3, 0.4) is 0 Å². The van der Waals surface area contributed by atoms with Crippen molar-refractivity contribution in [1.29, 1.82) is 0 Å². The minimum atomic E-state index is 0.0646. The number of likely N-dealkylation sites (N-methyl/N-ethyl adjacent to an activating group) is 1. The first-order chi connectivity index (χ1) is 10.6. The van der Waals surface area contributed by atoms with Gasteiger partial charge in [0.15, 0.2) is 0 Å². The van der Waals surface area contributed by atoms with Crippen LogP contribution < -0.4 is 5.32 Å². The molecule has 5 nitrogen and oxygen atoms in total. The summed E-state index contributed by atoms with van der Waals surface area (Å²) in [4.78, 5) is 20.9. The Hall–Kier alpha value is -1.62. The van der Waals surface area contributed by atoms with Gasteiger partial charge in [0.05, 0.1) is 0 Å². The monoisotopic (exact) mass is 304 g/mol. The average Bonchev–Trinajstić information content (AvgIpc) is 3.00. The Kier molecular flexibility index (Phi) is 6.19. The number of carbonyl (C=O) groups excluding carboxylic acids is 1. The van der Waals surface area contributed by atoms with Crippen LogP contribution in [0.5, 0.6) is 0 Å². The van der Waals surface area contributed by atoms with Crippen LogP contribution in [-0.2, 0) is 6.42 Å². The quantitative estimate of drug-likeness (QED) is 0.875. The maximum Gasteiger partial charge on any atom is 0.317 e. The Morgan fingerprint density at radius 2 is 2.18 bits per heavy atom. The minimum Gasteiger partial charge on any atom is -0.338 e. The lowest BCUT2D eigenvalue weighted by molar-refractivity contribution is 0.193. The molecule has 5 heteroatoms. The van der Waals surface area contributed by atoms with Crippen molar-refractivity contribution in [1.82, 2.24) is 20.1 Å². The van der Waals surface area contributed by atoms with Crippen molar-refractivity contribution in [2.75, 3.05) is 32.7 Å². The second-order valence-corrected chi connectivity index (χ2v) is 5.90. The van der Waals surface area contributed by atoms with E-state index in [9.17, 15) is 4.79 Å². The van der Waals surface area contributed by atoms with E-state index in [4.69, 9.17) is 0 Å². The second-order valence-electron chi connectivity index (χ2n) is 5.90. The topological polar surface area (TPSA) is 48.5 Å². The van der Waals surface area contributed by atoms with E-state index in [-0.39, 0.29) is 6.03 Å². The van der Waals surface area contributed by atoms with E-state index in [1.807, 2.05) is 24.1 Å². The van der Waals surface area contributed by atoms with Gasteiger partial charge in [-0.15, -0.1) is 0 Å². The van der Waals surface area contributed by atoms with Gasteiger partial charge in [0, 0.05) is 37.6 Å². The second kappa shape index (κ2) is 8.13. The molecular weight excluding hydrogens is 276 g/mol. The number of carbonyl (C=O) groups is 1. The van der Waals surface area contributed by atoms with Crippen molar-refractivity contribution in [2.24, 2.45) is 0 Å². The Balaban J connectivity index is 1.73. The van der Waals surface area contributed by atoms with E-state index < -0.39 is 0 Å². The Bertz CT molecular complexity index is 470. The fraction of sp³-hybridized carbons (Fsp3) is 0.647. The van der Waals surface area contributed by atoms with E-state index in [1.165, 1.54) is 0 Å². The third kappa shape index (κ3) is 4.44. The Morgan fingerprint density at radius 3 is 2.82 bits per heavy atom. The first-order valence-electron chi connectivity index (χ1n) is 8.32. The fourth-order valence-corrected chi connectivity index (χ4v) is 3.04. The van der Waals surface area contributed by atoms with Crippen LogP contribution in [0.4, 0.5) is 4.79 Å². The van der Waals surface area contributed by atoms with Crippen molar-refractivity contribution in [2.45, 2.75) is 39.7 Å². The summed E-state index contributed by atoms with van der Waals surface area (Å²) in [6.07, 6.45) is 3.79. The van der Waals surface area contributed by atoms with Crippen molar-refractivity contribution >= 4 is 6.03 Å². The van der Waals surface area contributed by atoms with E-state index in [0.717, 1.165) is 50.3 Å². The molecule has 1 aliphatic rings. The number of nitrogens with one attached hydrogen (secondary N) is 1. The van der Waals surface area contributed by atoms with Crippen molar-refractivity contribution in [3.63, 3.8) is 0 Å². The lowest BCUT2D eigenvalue weighted by Gasteiger charge is -2.26. The summed E-state index contributed by atoms with van der Waals surface area (Å²) < 4.78 is 0. The van der Waals surface area contributed by atoms with Crippen molar-refractivity contribution in [3.05, 3.63) is 29.6 Å². The van der Waals surface area contributed by atoms with Gasteiger partial charge in [-0.1, -0.05) is 19.9 Å². The van der Waals surface area contributed by atoms with Gasteiger partial charge in [0.1, 0.15) is 0 Å². The summed E-state index contributed by atoms with van der Waals surface area (Å²) in [5, 5.41) is 3.02. The number of aryl methyl sites for hydroxylation is 1. The Morgan fingerprint density at radius 1 is 1.41 bits per heavy atom. The number of hydrogen-bond acceptors (Lipinski definition) is 3. The summed E-state index contributed by atoms with van der Waals surface area (Å²) in [5.41, 5.74) is 2.18. The molecule has 0 spiro atoms. The third-order valence-electron chi connectivity index (χ3n) is 4.44. The predicted octanol–water partition coefficient (Wildman–Crippen LogP) is 2.06. The molecule has 1 aromatic heterocycles. The zero-order valence-electron chi connectivity index (χ0n) is 14.0. The first kappa shape index (κ1) is 16.7. The number of hydrogen-bond donors (Lipinski definition) is 1. The normalized spacial score (nSPS) is 18.0. The Labute approximate surface area is 133 Å². The maximum atomic E-state index is 12.2. The molecule has 0 aliphatic carbocycles. The van der Waals surface area contributed by atoms with E-state index in [0.29, 0.717) is 12.6 Å². The minimum absolute atomic E-state index is 0.0646. The number of amides is 2. The number of pyridine rings is 1. The molecule has 0 aromatic carbocycles.